The van der Waals surface area contributed by atoms with Crippen LogP contribution in [0.15, 0.2) is 42.7 Å². The van der Waals surface area contributed by atoms with Crippen molar-refractivity contribution in [1.29, 1.82) is 0 Å². The Labute approximate surface area is 115 Å². The van der Waals surface area contributed by atoms with E-state index in [2.05, 4.69) is 48.1 Å². The molecule has 0 atom stereocenters. The number of rotatable bonds is 5. The van der Waals surface area contributed by atoms with Crippen molar-refractivity contribution in [1.82, 2.24) is 4.98 Å². The largest absolute Gasteiger partial charge is 0.370 e. The highest BCUT2D eigenvalue weighted by Gasteiger charge is 2.08. The molecule has 0 saturated carbocycles. The molecule has 2 N–H and O–H groups in total. The number of hydrogen-bond acceptors (Lipinski definition) is 3. The second-order valence-electron chi connectivity index (χ2n) is 4.89. The van der Waals surface area contributed by atoms with E-state index in [9.17, 15) is 0 Å². The summed E-state index contributed by atoms with van der Waals surface area (Å²) in [7, 11) is 2.11. The summed E-state index contributed by atoms with van der Waals surface area (Å²) < 4.78 is 0. The van der Waals surface area contributed by atoms with Gasteiger partial charge >= 0.3 is 0 Å². The third kappa shape index (κ3) is 3.55. The number of anilines is 1. The summed E-state index contributed by atoms with van der Waals surface area (Å²) in [4.78, 5) is 6.41. The lowest BCUT2D eigenvalue weighted by molar-refractivity contribution is 0.887. The van der Waals surface area contributed by atoms with Crippen molar-refractivity contribution in [2.75, 3.05) is 18.5 Å². The number of pyridine rings is 1. The Bertz CT molecular complexity index is 523. The normalized spacial score (nSPS) is 10.5. The first kappa shape index (κ1) is 13.6. The summed E-state index contributed by atoms with van der Waals surface area (Å²) in [5.41, 5.74) is 10.8. The van der Waals surface area contributed by atoms with Crippen molar-refractivity contribution < 1.29 is 0 Å². The van der Waals surface area contributed by atoms with E-state index in [0.717, 1.165) is 13.0 Å². The summed E-state index contributed by atoms with van der Waals surface area (Å²) >= 11 is 0. The van der Waals surface area contributed by atoms with Gasteiger partial charge in [-0.1, -0.05) is 23.8 Å². The van der Waals surface area contributed by atoms with Gasteiger partial charge in [0, 0.05) is 31.7 Å². The molecule has 3 heteroatoms. The van der Waals surface area contributed by atoms with Crippen LogP contribution in [0.1, 0.15) is 16.7 Å². The third-order valence-electron chi connectivity index (χ3n) is 3.20. The molecule has 0 spiro atoms. The van der Waals surface area contributed by atoms with E-state index in [1.54, 1.807) is 6.20 Å². The summed E-state index contributed by atoms with van der Waals surface area (Å²) in [6.07, 6.45) is 4.62. The minimum Gasteiger partial charge on any atom is -0.370 e. The van der Waals surface area contributed by atoms with E-state index in [-0.39, 0.29) is 0 Å². The maximum Gasteiger partial charge on any atom is 0.0441 e. The molecule has 0 fully saturated rings. The molecule has 3 nitrogen and oxygen atoms in total. The fourth-order valence-electron chi connectivity index (χ4n) is 2.29. The molecule has 19 heavy (non-hydrogen) atoms. The maximum absolute atomic E-state index is 5.70. The molecule has 1 heterocycles. The molecule has 2 aromatic rings. The number of nitrogens with two attached hydrogens (primary N) is 1. The predicted molar refractivity (Wildman–Crippen MR) is 80.3 cm³/mol. The van der Waals surface area contributed by atoms with Crippen LogP contribution in [0.5, 0.6) is 0 Å². The molecule has 0 bridgehead atoms. The fourth-order valence-corrected chi connectivity index (χ4v) is 2.29. The van der Waals surface area contributed by atoms with Crippen molar-refractivity contribution in [3.05, 3.63) is 59.4 Å². The number of aryl methyl sites for hydroxylation is 1. The number of hydrogen-bond donors (Lipinski definition) is 1. The zero-order chi connectivity index (χ0) is 13.7. The van der Waals surface area contributed by atoms with Crippen LogP contribution >= 0.6 is 0 Å². The van der Waals surface area contributed by atoms with Crippen molar-refractivity contribution in [3.63, 3.8) is 0 Å². The summed E-state index contributed by atoms with van der Waals surface area (Å²) in [6.45, 7) is 3.65. The van der Waals surface area contributed by atoms with Crippen LogP contribution in [-0.2, 0) is 13.0 Å². The Morgan fingerprint density at radius 3 is 2.79 bits per heavy atom. The van der Waals surface area contributed by atoms with Crippen molar-refractivity contribution in [2.45, 2.75) is 19.9 Å². The van der Waals surface area contributed by atoms with Gasteiger partial charge in [-0.2, -0.15) is 0 Å². The molecule has 0 aliphatic carbocycles. The third-order valence-corrected chi connectivity index (χ3v) is 3.20. The number of benzene rings is 1. The Morgan fingerprint density at radius 1 is 1.26 bits per heavy atom. The van der Waals surface area contributed by atoms with Gasteiger partial charge in [-0.05, 0) is 43.1 Å². The second-order valence-corrected chi connectivity index (χ2v) is 4.89. The van der Waals surface area contributed by atoms with Crippen molar-refractivity contribution >= 4 is 5.69 Å². The smallest absolute Gasteiger partial charge is 0.0441 e. The van der Waals surface area contributed by atoms with E-state index < -0.39 is 0 Å². The van der Waals surface area contributed by atoms with Gasteiger partial charge in [-0.25, -0.2) is 0 Å². The lowest BCUT2D eigenvalue weighted by Crippen LogP contribution is -2.19. The van der Waals surface area contributed by atoms with E-state index in [0.29, 0.717) is 6.54 Å². The standard InChI is InChI=1S/C16H21N3/c1-13-5-6-16(15(10-13)7-8-17)19(2)12-14-4-3-9-18-11-14/h3-6,9-11H,7-8,12,17H2,1-2H3. The highest BCUT2D eigenvalue weighted by atomic mass is 15.1. The van der Waals surface area contributed by atoms with E-state index in [4.69, 9.17) is 5.73 Å². The average molecular weight is 255 g/mol. The van der Waals surface area contributed by atoms with Crippen LogP contribution in [0.2, 0.25) is 0 Å². The fraction of sp³-hybridized carbons (Fsp3) is 0.312. The summed E-state index contributed by atoms with van der Waals surface area (Å²) in [5, 5.41) is 0. The van der Waals surface area contributed by atoms with E-state index in [1.807, 2.05) is 12.3 Å². The van der Waals surface area contributed by atoms with Gasteiger partial charge in [-0.15, -0.1) is 0 Å². The quantitative estimate of drug-likeness (QED) is 0.892. The van der Waals surface area contributed by atoms with Gasteiger partial charge in [0.05, 0.1) is 0 Å². The zero-order valence-corrected chi connectivity index (χ0v) is 11.6. The van der Waals surface area contributed by atoms with Crippen LogP contribution in [0, 0.1) is 6.92 Å². The Kier molecular flexibility index (Phi) is 4.53. The average Bonchev–Trinajstić information content (AvgIpc) is 2.40. The van der Waals surface area contributed by atoms with Crippen LogP contribution in [0.4, 0.5) is 5.69 Å². The number of nitrogens with zero attached hydrogens (tertiary/aromatic N) is 2. The molecule has 0 unspecified atom stereocenters. The first-order valence-electron chi connectivity index (χ1n) is 6.60. The molecule has 0 aliphatic rings. The lowest BCUT2D eigenvalue weighted by atomic mass is 10.1. The van der Waals surface area contributed by atoms with Crippen LogP contribution < -0.4 is 10.6 Å². The van der Waals surface area contributed by atoms with E-state index >= 15 is 0 Å². The minimum atomic E-state index is 0.678. The molecule has 1 aromatic heterocycles. The van der Waals surface area contributed by atoms with Gasteiger partial charge in [0.15, 0.2) is 0 Å². The molecule has 0 amide bonds. The van der Waals surface area contributed by atoms with Gasteiger partial charge in [-0.3, -0.25) is 4.98 Å². The molecule has 100 valence electrons. The summed E-state index contributed by atoms with van der Waals surface area (Å²) in [6, 6.07) is 10.6. The van der Waals surface area contributed by atoms with E-state index in [1.165, 1.54) is 22.4 Å². The van der Waals surface area contributed by atoms with Gasteiger partial charge in [0.2, 0.25) is 0 Å². The monoisotopic (exact) mass is 255 g/mol. The topological polar surface area (TPSA) is 42.2 Å². The highest BCUT2D eigenvalue weighted by Crippen LogP contribution is 2.22. The van der Waals surface area contributed by atoms with Gasteiger partial charge in [0.25, 0.3) is 0 Å². The second kappa shape index (κ2) is 6.34. The molecule has 0 saturated heterocycles. The van der Waals surface area contributed by atoms with Crippen LogP contribution in [0.25, 0.3) is 0 Å². The Balaban J connectivity index is 2.20. The predicted octanol–water partition coefficient (Wildman–Crippen LogP) is 2.53. The Morgan fingerprint density at radius 2 is 2.11 bits per heavy atom. The molecule has 0 radical (unpaired) electrons. The molecule has 2 rings (SSSR count). The molecular formula is C16H21N3. The first-order valence-corrected chi connectivity index (χ1v) is 6.60. The maximum atomic E-state index is 5.70. The summed E-state index contributed by atoms with van der Waals surface area (Å²) in [5.74, 6) is 0. The SMILES string of the molecule is Cc1ccc(N(C)Cc2cccnc2)c(CCN)c1. The number of aromatic nitrogens is 1. The van der Waals surface area contributed by atoms with Crippen LogP contribution in [-0.4, -0.2) is 18.6 Å². The first-order chi connectivity index (χ1) is 9.20. The lowest BCUT2D eigenvalue weighted by Gasteiger charge is -2.23. The zero-order valence-electron chi connectivity index (χ0n) is 11.6. The van der Waals surface area contributed by atoms with Crippen molar-refractivity contribution in [2.24, 2.45) is 5.73 Å². The minimum absolute atomic E-state index is 0.678. The van der Waals surface area contributed by atoms with Gasteiger partial charge in [0.1, 0.15) is 0 Å². The van der Waals surface area contributed by atoms with Crippen LogP contribution in [0.3, 0.4) is 0 Å². The van der Waals surface area contributed by atoms with Crippen molar-refractivity contribution in [3.8, 4) is 0 Å². The highest BCUT2D eigenvalue weighted by molar-refractivity contribution is 5.55. The molecular weight excluding hydrogens is 234 g/mol. The Hall–Kier alpha value is -1.87. The molecule has 0 aliphatic heterocycles. The molecule has 1 aromatic carbocycles. The van der Waals surface area contributed by atoms with Gasteiger partial charge < -0.3 is 10.6 Å².